The van der Waals surface area contributed by atoms with Crippen LogP contribution in [0, 0.1) is 17.3 Å². The molecule has 0 aliphatic heterocycles. The summed E-state index contributed by atoms with van der Waals surface area (Å²) >= 11 is -3.55. The topological polar surface area (TPSA) is 92.7 Å². The molecule has 4 saturated carbocycles. The monoisotopic (exact) mass is 437 g/mol. The number of aliphatic hydroxyl groups is 1. The molecule has 0 amide bonds. The van der Waals surface area contributed by atoms with Crippen LogP contribution in [0.15, 0.2) is 12.2 Å². The summed E-state index contributed by atoms with van der Waals surface area (Å²) in [5.41, 5.74) is -0.447. The number of halogens is 1. The number of hydrogen-bond donors (Lipinski definition) is 2. The van der Waals surface area contributed by atoms with Crippen LogP contribution in [0.2, 0.25) is 0 Å². The predicted octanol–water partition coefficient (Wildman–Crippen LogP) is 2.51. The van der Waals surface area contributed by atoms with Gasteiger partial charge in [0.2, 0.25) is 0 Å². The molecule has 4 aliphatic rings. The van der Waals surface area contributed by atoms with Crippen molar-refractivity contribution in [3.8, 4) is 0 Å². The molecule has 23 heavy (non-hydrogen) atoms. The highest BCUT2D eigenvalue weighted by Gasteiger charge is 2.61. The van der Waals surface area contributed by atoms with Crippen LogP contribution in [0.1, 0.15) is 45.4 Å². The Morgan fingerprint density at radius 2 is 1.96 bits per heavy atom. The van der Waals surface area contributed by atoms with Gasteiger partial charge in [-0.2, -0.15) is 0 Å². The van der Waals surface area contributed by atoms with Gasteiger partial charge in [0, 0.05) is 17.5 Å². The van der Waals surface area contributed by atoms with Gasteiger partial charge in [0.05, 0.1) is 6.10 Å². The quantitative estimate of drug-likeness (QED) is 0.287. The number of aliphatic hydroxyl groups excluding tert-OH is 1. The van der Waals surface area contributed by atoms with Crippen LogP contribution in [0.25, 0.3) is 0 Å². The summed E-state index contributed by atoms with van der Waals surface area (Å²) in [6.45, 7) is 5.37. The molecule has 0 spiro atoms. The molecule has 4 bridgehead atoms. The Morgan fingerprint density at radius 1 is 1.35 bits per heavy atom. The van der Waals surface area contributed by atoms with Crippen molar-refractivity contribution in [2.45, 2.75) is 57.2 Å². The van der Waals surface area contributed by atoms with E-state index in [-0.39, 0.29) is 17.9 Å². The van der Waals surface area contributed by atoms with Gasteiger partial charge in [0.1, 0.15) is 5.60 Å². The van der Waals surface area contributed by atoms with Crippen molar-refractivity contribution in [2.75, 3.05) is 6.54 Å². The number of carbonyl (C=O) groups excluding carboxylic acids is 1. The first-order valence-corrected chi connectivity index (χ1v) is 10.9. The van der Waals surface area contributed by atoms with E-state index in [4.69, 9.17) is 4.74 Å². The van der Waals surface area contributed by atoms with Gasteiger partial charge in [0.15, 0.2) is 0 Å². The maximum atomic E-state index is 12.0. The Hall–Kier alpha value is -0.540. The van der Waals surface area contributed by atoms with Crippen molar-refractivity contribution in [3.05, 3.63) is 12.2 Å². The lowest BCUT2D eigenvalue weighted by molar-refractivity contribution is -0.214. The predicted molar refractivity (Wildman–Crippen MR) is 90.2 cm³/mol. The van der Waals surface area contributed by atoms with Crippen LogP contribution in [-0.4, -0.2) is 29.3 Å². The highest BCUT2D eigenvalue weighted by atomic mass is 127. The fourth-order valence-electron chi connectivity index (χ4n) is 5.39. The van der Waals surface area contributed by atoms with Crippen LogP contribution < -0.4 is 3.53 Å². The van der Waals surface area contributed by atoms with E-state index in [2.05, 4.69) is 10.1 Å². The molecular formula is C16H24INO5. The van der Waals surface area contributed by atoms with Crippen molar-refractivity contribution in [1.82, 2.24) is 3.53 Å². The highest BCUT2D eigenvalue weighted by Crippen LogP contribution is 2.64. The second-order valence-electron chi connectivity index (χ2n) is 7.75. The van der Waals surface area contributed by atoms with Gasteiger partial charge in [-0.1, -0.05) is 6.58 Å². The SMILES string of the molecule is C=C(C)C(=O)OC12CC3CC(C1)CC(C(O)CNI(=O)=O)(C3)C2. The van der Waals surface area contributed by atoms with Crippen LogP contribution in [-0.2, 0) is 15.7 Å². The Bertz CT molecular complexity index is 577. The molecule has 0 aromatic carbocycles. The van der Waals surface area contributed by atoms with Crippen molar-refractivity contribution < 1.29 is 20.8 Å². The normalized spacial score (nSPS) is 39.4. The zero-order chi connectivity index (χ0) is 16.8. The average molecular weight is 437 g/mol. The van der Waals surface area contributed by atoms with Gasteiger partial charge in [-0.05, 0) is 57.3 Å². The van der Waals surface area contributed by atoms with E-state index in [0.29, 0.717) is 23.8 Å². The molecule has 2 N–H and O–H groups in total. The molecule has 0 aromatic heterocycles. The largest absolute Gasteiger partial charge is 0.456 e. The lowest BCUT2D eigenvalue weighted by Crippen LogP contribution is -2.61. The molecule has 0 heterocycles. The second-order valence-corrected chi connectivity index (χ2v) is 9.75. The maximum Gasteiger partial charge on any atom is 0.389 e. The molecule has 0 aromatic rings. The molecule has 130 valence electrons. The lowest BCUT2D eigenvalue weighted by Gasteiger charge is -2.62. The molecular weight excluding hydrogens is 413 g/mol. The van der Waals surface area contributed by atoms with Crippen LogP contribution >= 0.6 is 20.1 Å². The number of carbonyl (C=O) groups is 1. The lowest BCUT2D eigenvalue weighted by atomic mass is 9.46. The van der Waals surface area contributed by atoms with Crippen molar-refractivity contribution in [3.63, 3.8) is 0 Å². The van der Waals surface area contributed by atoms with E-state index in [1.165, 1.54) is 0 Å². The molecule has 4 aliphatic carbocycles. The Labute approximate surface area is 143 Å². The van der Waals surface area contributed by atoms with Gasteiger partial charge < -0.3 is 9.84 Å². The Kier molecular flexibility index (Phi) is 4.57. The molecule has 7 heteroatoms. The van der Waals surface area contributed by atoms with E-state index < -0.39 is 31.8 Å². The van der Waals surface area contributed by atoms with Gasteiger partial charge in [-0.15, -0.1) is 0 Å². The minimum atomic E-state index is -3.55. The summed E-state index contributed by atoms with van der Waals surface area (Å²) in [7, 11) is 0. The Morgan fingerprint density at radius 3 is 2.48 bits per heavy atom. The fourth-order valence-corrected chi connectivity index (χ4v) is 6.17. The Balaban J connectivity index is 1.81. The maximum absolute atomic E-state index is 12.0. The number of ether oxygens (including phenoxy) is 1. The third-order valence-corrected chi connectivity index (χ3v) is 6.86. The number of esters is 1. The van der Waals surface area contributed by atoms with Gasteiger partial charge in [0.25, 0.3) is 0 Å². The summed E-state index contributed by atoms with van der Waals surface area (Å²) in [6, 6.07) is 0. The highest BCUT2D eigenvalue weighted by molar-refractivity contribution is 14.2. The summed E-state index contributed by atoms with van der Waals surface area (Å²) in [5.74, 6) is 0.526. The first-order valence-electron chi connectivity index (χ1n) is 8.09. The van der Waals surface area contributed by atoms with E-state index >= 15 is 0 Å². The van der Waals surface area contributed by atoms with Gasteiger partial charge >= 0.3 is 26.0 Å². The summed E-state index contributed by atoms with van der Waals surface area (Å²) < 4.78 is 29.9. The summed E-state index contributed by atoms with van der Waals surface area (Å²) in [4.78, 5) is 12.0. The standard InChI is InChI=1S/C16H24INO5/c1-10(2)14(20)23-16-6-11-3-12(7-16)5-15(4-11,9-16)13(19)8-18-17(21)22/h11-13,19H,1,3-9H2,2H3,(H,18,21,22). The van der Waals surface area contributed by atoms with E-state index in [0.717, 1.165) is 32.1 Å². The number of hydrogen-bond acceptors (Lipinski definition) is 5. The smallest absolute Gasteiger partial charge is 0.389 e. The fraction of sp³-hybridized carbons (Fsp3) is 0.812. The van der Waals surface area contributed by atoms with Crippen LogP contribution in [0.3, 0.4) is 0 Å². The van der Waals surface area contributed by atoms with Crippen molar-refractivity contribution in [2.24, 2.45) is 17.3 Å². The molecule has 6 nitrogen and oxygen atoms in total. The van der Waals surface area contributed by atoms with E-state index in [1.807, 2.05) is 0 Å². The zero-order valence-electron chi connectivity index (χ0n) is 13.3. The average Bonchev–Trinajstić information content (AvgIpc) is 2.42. The van der Waals surface area contributed by atoms with Crippen molar-refractivity contribution in [1.29, 1.82) is 0 Å². The molecule has 0 saturated heterocycles. The first-order chi connectivity index (χ1) is 10.7. The number of rotatable bonds is 6. The van der Waals surface area contributed by atoms with Gasteiger partial charge in [-0.3, -0.25) is 0 Å². The summed E-state index contributed by atoms with van der Waals surface area (Å²) in [5, 5.41) is 10.6. The third kappa shape index (κ3) is 3.32. The van der Waals surface area contributed by atoms with E-state index in [1.54, 1.807) is 6.92 Å². The van der Waals surface area contributed by atoms with Crippen LogP contribution in [0.5, 0.6) is 0 Å². The molecule has 4 rings (SSSR count). The second kappa shape index (κ2) is 6.07. The minimum absolute atomic E-state index is 0.0712. The van der Waals surface area contributed by atoms with Crippen molar-refractivity contribution >= 4 is 26.0 Å². The first kappa shape index (κ1) is 17.3. The van der Waals surface area contributed by atoms with Crippen LogP contribution in [0.4, 0.5) is 0 Å². The summed E-state index contributed by atoms with van der Waals surface area (Å²) in [6.07, 6.45) is 4.52. The number of nitrogens with one attached hydrogen (secondary N) is 1. The minimum Gasteiger partial charge on any atom is -0.456 e. The molecule has 3 unspecified atom stereocenters. The third-order valence-electron chi connectivity index (χ3n) is 5.80. The molecule has 3 atom stereocenters. The molecule has 0 radical (unpaired) electrons. The van der Waals surface area contributed by atoms with Gasteiger partial charge in [-0.25, -0.2) is 14.5 Å². The zero-order valence-corrected chi connectivity index (χ0v) is 15.5. The van der Waals surface area contributed by atoms with E-state index in [9.17, 15) is 16.0 Å². The molecule has 4 fully saturated rings.